The Morgan fingerprint density at radius 3 is 2.16 bits per heavy atom. The van der Waals surface area contributed by atoms with E-state index in [1.165, 1.54) is 0 Å². The summed E-state index contributed by atoms with van der Waals surface area (Å²) >= 11 is 0. The van der Waals surface area contributed by atoms with Crippen LogP contribution in [0.4, 0.5) is 13.2 Å². The largest absolute Gasteiger partial charge is 0.496 e. The molecular formula is C12H15BF3NO2. The molecule has 1 aromatic rings. The average Bonchev–Trinajstić information content (AvgIpc) is 2.43. The van der Waals surface area contributed by atoms with Gasteiger partial charge in [0.25, 0.3) is 0 Å². The zero-order chi connectivity index (χ0) is 17.1. The first kappa shape index (κ1) is 10.7. The Balaban J connectivity index is 2.59. The fourth-order valence-corrected chi connectivity index (χ4v) is 1.54. The van der Waals surface area contributed by atoms with Crippen LogP contribution in [-0.4, -0.2) is 23.3 Å². The molecule has 1 aromatic heterocycles. The van der Waals surface area contributed by atoms with E-state index in [1.54, 1.807) is 27.7 Å². The van der Waals surface area contributed by atoms with E-state index in [9.17, 15) is 13.2 Å². The van der Waals surface area contributed by atoms with Crippen molar-refractivity contribution in [3.05, 3.63) is 24.0 Å². The summed E-state index contributed by atoms with van der Waals surface area (Å²) in [7, 11) is -1.31. The van der Waals surface area contributed by atoms with Gasteiger partial charge >= 0.3 is 13.3 Å². The summed E-state index contributed by atoms with van der Waals surface area (Å²) in [5.41, 5.74) is -3.56. The molecule has 104 valence electrons. The zero-order valence-corrected chi connectivity index (χ0v) is 11.0. The topological polar surface area (TPSA) is 31.4 Å². The van der Waals surface area contributed by atoms with Crippen molar-refractivity contribution in [2.75, 3.05) is 0 Å². The number of alkyl halides is 3. The normalized spacial score (nSPS) is 23.9. The molecule has 0 aliphatic carbocycles. The van der Waals surface area contributed by atoms with Crippen molar-refractivity contribution in [3.8, 4) is 0 Å². The number of rotatable bonds is 1. The number of hydrogen-bond acceptors (Lipinski definition) is 3. The van der Waals surface area contributed by atoms with Gasteiger partial charge in [0.15, 0.2) is 0 Å². The van der Waals surface area contributed by atoms with E-state index in [0.717, 1.165) is 0 Å². The molecule has 0 saturated carbocycles. The zero-order valence-electron chi connectivity index (χ0n) is 14.0. The average molecular weight is 276 g/mol. The molecule has 7 heteroatoms. The minimum atomic E-state index is -4.91. The molecule has 0 atom stereocenters. The second-order valence-corrected chi connectivity index (χ2v) is 5.34. The molecule has 0 amide bonds. The van der Waals surface area contributed by atoms with Crippen molar-refractivity contribution in [3.63, 3.8) is 0 Å². The van der Waals surface area contributed by atoms with Crippen LogP contribution in [0, 0.1) is 0 Å². The number of nitrogens with zero attached hydrogens (tertiary/aromatic N) is 1. The Morgan fingerprint density at radius 2 is 1.68 bits per heavy atom. The number of aromatic nitrogens is 1. The van der Waals surface area contributed by atoms with Crippen LogP contribution in [0.3, 0.4) is 0 Å². The predicted molar refractivity (Wildman–Crippen MR) is 65.0 cm³/mol. The molecule has 1 aliphatic rings. The van der Waals surface area contributed by atoms with Crippen LogP contribution in [0.2, 0.25) is 0 Å². The second kappa shape index (κ2) is 4.21. The first-order valence-corrected chi connectivity index (χ1v) is 5.68. The van der Waals surface area contributed by atoms with Crippen LogP contribution in [-0.2, 0) is 15.5 Å². The summed E-state index contributed by atoms with van der Waals surface area (Å²) in [5, 5.41) is 0. The van der Waals surface area contributed by atoms with Gasteiger partial charge in [-0.15, -0.1) is 0 Å². The van der Waals surface area contributed by atoms with Crippen molar-refractivity contribution in [2.24, 2.45) is 0 Å². The summed E-state index contributed by atoms with van der Waals surface area (Å²) in [6.07, 6.45) is -6.68. The minimum absolute atomic E-state index is 0.415. The van der Waals surface area contributed by atoms with Gasteiger partial charge in [0.1, 0.15) is 0 Å². The molecule has 1 fully saturated rings. The summed E-state index contributed by atoms with van der Waals surface area (Å²) in [4.78, 5) is 3.27. The quantitative estimate of drug-likeness (QED) is 0.738. The van der Waals surface area contributed by atoms with Gasteiger partial charge in [0, 0.05) is 17.8 Å². The SMILES string of the molecule is [2H]c1nc([2H])c(C(F)(F)F)c([2H])c1B1OC(C)(C)C(C)(C)O1. The lowest BCUT2D eigenvalue weighted by Gasteiger charge is -2.32. The van der Waals surface area contributed by atoms with Gasteiger partial charge in [0.2, 0.25) is 0 Å². The molecule has 0 N–H and O–H groups in total. The Hall–Kier alpha value is -1.08. The fourth-order valence-electron chi connectivity index (χ4n) is 1.54. The maximum absolute atomic E-state index is 13.0. The molecule has 0 bridgehead atoms. The standard InChI is InChI=1S/C12H15BF3NO2/c1-10(2)11(3,4)19-13(18-10)9-5-8(6-17-7-9)12(14,15)16/h5-7H,1-4H3/i5D,6D,7D. The second-order valence-electron chi connectivity index (χ2n) is 5.34. The Bertz CT molecular complexity index is 607. The highest BCUT2D eigenvalue weighted by Crippen LogP contribution is 2.36. The molecule has 19 heavy (non-hydrogen) atoms. The van der Waals surface area contributed by atoms with E-state index in [2.05, 4.69) is 4.98 Å². The van der Waals surface area contributed by atoms with E-state index >= 15 is 0 Å². The molecule has 1 aliphatic heterocycles. The third kappa shape index (κ3) is 2.62. The predicted octanol–water partition coefficient (Wildman–Crippen LogP) is 2.40. The van der Waals surface area contributed by atoms with Crippen LogP contribution in [0.1, 0.15) is 37.4 Å². The van der Waals surface area contributed by atoms with Gasteiger partial charge < -0.3 is 9.31 Å². The Morgan fingerprint density at radius 1 is 1.16 bits per heavy atom. The molecule has 0 radical (unpaired) electrons. The van der Waals surface area contributed by atoms with Crippen molar-refractivity contribution in [1.82, 2.24) is 4.98 Å². The van der Waals surface area contributed by atoms with Crippen molar-refractivity contribution >= 4 is 12.6 Å². The summed E-state index contributed by atoms with van der Waals surface area (Å²) < 4.78 is 72.9. The molecule has 3 nitrogen and oxygen atoms in total. The van der Waals surface area contributed by atoms with Crippen molar-refractivity contribution in [2.45, 2.75) is 45.1 Å². The fraction of sp³-hybridized carbons (Fsp3) is 0.583. The molecule has 0 unspecified atom stereocenters. The van der Waals surface area contributed by atoms with E-state index in [-0.39, 0.29) is 0 Å². The summed E-state index contributed by atoms with van der Waals surface area (Å²) in [5.74, 6) is 0. The lowest BCUT2D eigenvalue weighted by atomic mass is 9.80. The van der Waals surface area contributed by atoms with E-state index < -0.39 is 53.9 Å². The third-order valence-electron chi connectivity index (χ3n) is 3.38. The molecule has 0 spiro atoms. The van der Waals surface area contributed by atoms with E-state index in [0.29, 0.717) is 0 Å². The van der Waals surface area contributed by atoms with Gasteiger partial charge in [-0.25, -0.2) is 0 Å². The maximum atomic E-state index is 13.0. The van der Waals surface area contributed by atoms with Crippen LogP contribution >= 0.6 is 0 Å². The van der Waals surface area contributed by atoms with Crippen LogP contribution < -0.4 is 5.46 Å². The summed E-state index contributed by atoms with van der Waals surface area (Å²) in [6.45, 7) is 6.82. The third-order valence-corrected chi connectivity index (χ3v) is 3.38. The van der Waals surface area contributed by atoms with Crippen molar-refractivity contribution in [1.29, 1.82) is 0 Å². The molecule has 0 aromatic carbocycles. The van der Waals surface area contributed by atoms with Gasteiger partial charge in [-0.1, -0.05) is 0 Å². The molecular weight excluding hydrogens is 258 g/mol. The van der Waals surface area contributed by atoms with Gasteiger partial charge in [-0.05, 0) is 33.7 Å². The molecule has 2 rings (SSSR count). The highest BCUT2D eigenvalue weighted by atomic mass is 19.4. The minimum Gasteiger partial charge on any atom is -0.399 e. The van der Waals surface area contributed by atoms with Crippen LogP contribution in [0.5, 0.6) is 0 Å². The number of hydrogen-bond donors (Lipinski definition) is 0. The van der Waals surface area contributed by atoms with Gasteiger partial charge in [0.05, 0.1) is 20.9 Å². The van der Waals surface area contributed by atoms with E-state index in [4.69, 9.17) is 13.4 Å². The first-order chi connectivity index (χ1) is 9.78. The van der Waals surface area contributed by atoms with Crippen molar-refractivity contribution < 1.29 is 26.6 Å². The lowest BCUT2D eigenvalue weighted by molar-refractivity contribution is -0.137. The summed E-state index contributed by atoms with van der Waals surface area (Å²) in [6, 6.07) is -1.00. The monoisotopic (exact) mass is 276 g/mol. The highest BCUT2D eigenvalue weighted by Gasteiger charge is 2.52. The van der Waals surface area contributed by atoms with Crippen LogP contribution in [0.15, 0.2) is 18.4 Å². The smallest absolute Gasteiger partial charge is 0.399 e. The molecule has 2 heterocycles. The van der Waals surface area contributed by atoms with Gasteiger partial charge in [-0.3, -0.25) is 4.98 Å². The maximum Gasteiger partial charge on any atom is 0.496 e. The molecule has 1 saturated heterocycles. The highest BCUT2D eigenvalue weighted by molar-refractivity contribution is 6.62. The number of halogens is 3. The van der Waals surface area contributed by atoms with E-state index in [1.807, 2.05) is 0 Å². The Kier molecular flexibility index (Phi) is 2.37. The van der Waals surface area contributed by atoms with Gasteiger partial charge in [-0.2, -0.15) is 13.2 Å². The van der Waals surface area contributed by atoms with Crippen LogP contribution in [0.25, 0.3) is 0 Å². The number of pyridine rings is 1. The lowest BCUT2D eigenvalue weighted by Crippen LogP contribution is -2.41. The first-order valence-electron chi connectivity index (χ1n) is 7.18. The Labute approximate surface area is 114 Å².